The van der Waals surface area contributed by atoms with Gasteiger partial charge in [-0.15, -0.1) is 0 Å². The highest BCUT2D eigenvalue weighted by Gasteiger charge is 2.23. The van der Waals surface area contributed by atoms with Gasteiger partial charge in [0.2, 0.25) is 0 Å². The Morgan fingerprint density at radius 1 is 1.29 bits per heavy atom. The number of rotatable bonds is 5. The molecule has 1 atom stereocenters. The van der Waals surface area contributed by atoms with Gasteiger partial charge in [-0.2, -0.15) is 0 Å². The van der Waals surface area contributed by atoms with E-state index in [1.807, 2.05) is 39.0 Å². The molecule has 1 aromatic rings. The normalized spacial score (nSPS) is 12.8. The van der Waals surface area contributed by atoms with Crippen molar-refractivity contribution in [1.29, 1.82) is 0 Å². The van der Waals surface area contributed by atoms with Gasteiger partial charge in [-0.3, -0.25) is 4.79 Å². The fourth-order valence-corrected chi connectivity index (χ4v) is 2.02. The first kappa shape index (κ1) is 13.9. The van der Waals surface area contributed by atoms with E-state index in [-0.39, 0.29) is 11.8 Å². The summed E-state index contributed by atoms with van der Waals surface area (Å²) in [6.07, 6.45) is 0. The minimum absolute atomic E-state index is 0.0829. The van der Waals surface area contributed by atoms with Crippen molar-refractivity contribution in [2.75, 3.05) is 6.54 Å². The number of hydrogen-bond acceptors (Lipinski definition) is 2. The standard InChI is InChI=1S/C15H23NO/c1-6-16-14(10(2)3)15(17)13-9-11(4)7-8-12(13)5/h7-10,14,16H,6H2,1-5H3. The van der Waals surface area contributed by atoms with E-state index in [9.17, 15) is 4.79 Å². The molecule has 2 heteroatoms. The third-order valence-corrected chi connectivity index (χ3v) is 3.03. The second kappa shape index (κ2) is 5.97. The van der Waals surface area contributed by atoms with Crippen molar-refractivity contribution in [3.05, 3.63) is 34.9 Å². The Hall–Kier alpha value is -1.15. The minimum Gasteiger partial charge on any atom is -0.307 e. The van der Waals surface area contributed by atoms with Crippen LogP contribution in [-0.2, 0) is 0 Å². The van der Waals surface area contributed by atoms with Gasteiger partial charge in [0.25, 0.3) is 0 Å². The zero-order valence-corrected chi connectivity index (χ0v) is 11.5. The molecular formula is C15H23NO. The molecule has 0 saturated heterocycles. The lowest BCUT2D eigenvalue weighted by atomic mass is 9.91. The molecule has 0 aliphatic heterocycles. The Morgan fingerprint density at radius 3 is 2.47 bits per heavy atom. The molecule has 0 aliphatic rings. The van der Waals surface area contributed by atoms with Crippen LogP contribution in [-0.4, -0.2) is 18.4 Å². The largest absolute Gasteiger partial charge is 0.307 e. The summed E-state index contributed by atoms with van der Waals surface area (Å²) in [5.74, 6) is 0.519. The van der Waals surface area contributed by atoms with Crippen LogP contribution in [0.15, 0.2) is 18.2 Å². The summed E-state index contributed by atoms with van der Waals surface area (Å²) >= 11 is 0. The molecular weight excluding hydrogens is 210 g/mol. The SMILES string of the molecule is CCNC(C(=O)c1cc(C)ccc1C)C(C)C. The van der Waals surface area contributed by atoms with Crippen LogP contribution in [0, 0.1) is 19.8 Å². The smallest absolute Gasteiger partial charge is 0.180 e. The molecule has 1 aromatic carbocycles. The number of nitrogens with one attached hydrogen (secondary N) is 1. The maximum Gasteiger partial charge on any atom is 0.180 e. The van der Waals surface area contributed by atoms with Crippen LogP contribution in [0.4, 0.5) is 0 Å². The van der Waals surface area contributed by atoms with Crippen LogP contribution in [0.25, 0.3) is 0 Å². The molecule has 1 N–H and O–H groups in total. The summed E-state index contributed by atoms with van der Waals surface area (Å²) < 4.78 is 0. The first-order valence-electron chi connectivity index (χ1n) is 6.32. The van der Waals surface area contributed by atoms with Crippen LogP contribution >= 0.6 is 0 Å². The van der Waals surface area contributed by atoms with Crippen molar-refractivity contribution in [3.8, 4) is 0 Å². The van der Waals surface area contributed by atoms with Crippen molar-refractivity contribution >= 4 is 5.78 Å². The molecule has 1 unspecified atom stereocenters. The van der Waals surface area contributed by atoms with Crippen molar-refractivity contribution in [2.24, 2.45) is 5.92 Å². The number of benzene rings is 1. The van der Waals surface area contributed by atoms with E-state index in [4.69, 9.17) is 0 Å². The number of aryl methyl sites for hydroxylation is 2. The monoisotopic (exact) mass is 233 g/mol. The van der Waals surface area contributed by atoms with Gasteiger partial charge >= 0.3 is 0 Å². The van der Waals surface area contributed by atoms with E-state index in [2.05, 4.69) is 19.2 Å². The fourth-order valence-electron chi connectivity index (χ4n) is 2.02. The number of hydrogen-bond donors (Lipinski definition) is 1. The molecule has 94 valence electrons. The van der Waals surface area contributed by atoms with Crippen LogP contribution in [0.3, 0.4) is 0 Å². The summed E-state index contributed by atoms with van der Waals surface area (Å²) in [6.45, 7) is 11.0. The number of ketones is 1. The fraction of sp³-hybridized carbons (Fsp3) is 0.533. The molecule has 0 aliphatic carbocycles. The molecule has 0 bridgehead atoms. The maximum absolute atomic E-state index is 12.5. The lowest BCUT2D eigenvalue weighted by molar-refractivity contribution is 0.0917. The maximum atomic E-state index is 12.5. The van der Waals surface area contributed by atoms with Crippen LogP contribution in [0.1, 0.15) is 42.3 Å². The predicted octanol–water partition coefficient (Wildman–Crippen LogP) is 3.12. The Morgan fingerprint density at radius 2 is 1.94 bits per heavy atom. The zero-order chi connectivity index (χ0) is 13.0. The highest BCUT2D eigenvalue weighted by Crippen LogP contribution is 2.16. The van der Waals surface area contributed by atoms with E-state index in [1.54, 1.807) is 0 Å². The first-order chi connectivity index (χ1) is 7.97. The third kappa shape index (κ3) is 3.40. The Balaban J connectivity index is 3.04. The van der Waals surface area contributed by atoms with Gasteiger partial charge in [0, 0.05) is 5.56 Å². The average Bonchev–Trinajstić information content (AvgIpc) is 2.28. The summed E-state index contributed by atoms with van der Waals surface area (Å²) in [5.41, 5.74) is 3.05. The van der Waals surface area contributed by atoms with Gasteiger partial charge < -0.3 is 5.32 Å². The molecule has 0 spiro atoms. The molecule has 0 aromatic heterocycles. The highest BCUT2D eigenvalue weighted by molar-refractivity contribution is 6.01. The minimum atomic E-state index is -0.0829. The predicted molar refractivity (Wildman–Crippen MR) is 72.5 cm³/mol. The number of likely N-dealkylation sites (N-methyl/N-ethyl adjacent to an activating group) is 1. The van der Waals surface area contributed by atoms with Crippen LogP contribution < -0.4 is 5.32 Å². The molecule has 0 fully saturated rings. The van der Waals surface area contributed by atoms with E-state index in [1.165, 1.54) is 0 Å². The van der Waals surface area contributed by atoms with Crippen LogP contribution in [0.2, 0.25) is 0 Å². The second-order valence-corrected chi connectivity index (χ2v) is 4.96. The number of carbonyl (C=O) groups is 1. The van der Waals surface area contributed by atoms with Gasteiger partial charge in [-0.1, -0.05) is 38.5 Å². The lowest BCUT2D eigenvalue weighted by Gasteiger charge is -2.21. The topological polar surface area (TPSA) is 29.1 Å². The molecule has 2 nitrogen and oxygen atoms in total. The van der Waals surface area contributed by atoms with Crippen molar-refractivity contribution < 1.29 is 4.79 Å². The first-order valence-corrected chi connectivity index (χ1v) is 6.32. The van der Waals surface area contributed by atoms with Crippen molar-refractivity contribution in [3.63, 3.8) is 0 Å². The Kier molecular flexibility index (Phi) is 4.88. The summed E-state index contributed by atoms with van der Waals surface area (Å²) in [7, 11) is 0. The summed E-state index contributed by atoms with van der Waals surface area (Å²) in [4.78, 5) is 12.5. The number of carbonyl (C=O) groups excluding carboxylic acids is 1. The van der Waals surface area contributed by atoms with Crippen molar-refractivity contribution in [2.45, 2.75) is 40.7 Å². The average molecular weight is 233 g/mol. The summed E-state index contributed by atoms with van der Waals surface area (Å²) in [5, 5.41) is 3.28. The van der Waals surface area contributed by atoms with Gasteiger partial charge in [-0.25, -0.2) is 0 Å². The highest BCUT2D eigenvalue weighted by atomic mass is 16.1. The van der Waals surface area contributed by atoms with Gasteiger partial charge in [-0.05, 0) is 37.9 Å². The summed E-state index contributed by atoms with van der Waals surface area (Å²) in [6, 6.07) is 5.97. The lowest BCUT2D eigenvalue weighted by Crippen LogP contribution is -2.41. The number of Topliss-reactive ketones (excluding diaryl/α,β-unsaturated/α-hetero) is 1. The Bertz CT molecular complexity index is 396. The molecule has 0 saturated carbocycles. The van der Waals surface area contributed by atoms with E-state index < -0.39 is 0 Å². The molecule has 0 amide bonds. The molecule has 17 heavy (non-hydrogen) atoms. The van der Waals surface area contributed by atoms with E-state index >= 15 is 0 Å². The quantitative estimate of drug-likeness (QED) is 0.792. The van der Waals surface area contributed by atoms with Crippen LogP contribution in [0.5, 0.6) is 0 Å². The third-order valence-electron chi connectivity index (χ3n) is 3.03. The molecule has 0 heterocycles. The van der Waals surface area contributed by atoms with E-state index in [0.29, 0.717) is 5.92 Å². The second-order valence-electron chi connectivity index (χ2n) is 4.96. The van der Waals surface area contributed by atoms with Gasteiger partial charge in [0.05, 0.1) is 6.04 Å². The zero-order valence-electron chi connectivity index (χ0n) is 11.5. The van der Waals surface area contributed by atoms with Gasteiger partial charge in [0.15, 0.2) is 5.78 Å². The van der Waals surface area contributed by atoms with E-state index in [0.717, 1.165) is 23.2 Å². The molecule has 1 rings (SSSR count). The molecule has 0 radical (unpaired) electrons. The van der Waals surface area contributed by atoms with Gasteiger partial charge in [0.1, 0.15) is 0 Å². The van der Waals surface area contributed by atoms with Crippen molar-refractivity contribution in [1.82, 2.24) is 5.32 Å². The Labute approximate surface area is 104 Å².